The Morgan fingerprint density at radius 2 is 0.317 bits per heavy atom. The predicted octanol–water partition coefficient (Wildman–Crippen LogP) is 25.6. The maximum Gasteiger partial charge on any atom is 0.0866 e. The van der Waals surface area contributed by atoms with Crippen LogP contribution in [-0.2, 0) is 0 Å². The Morgan fingerprint density at radius 1 is 0.171 bits per heavy atom. The van der Waals surface area contributed by atoms with Crippen molar-refractivity contribution in [2.24, 2.45) is 17.8 Å². The Balaban J connectivity index is 0.779. The minimum Gasteiger partial charge on any atom is -0.294 e. The molecule has 12 aliphatic carbocycles. The van der Waals surface area contributed by atoms with Crippen molar-refractivity contribution in [1.82, 2.24) is 4.90 Å². The molecule has 12 fully saturated rings. The van der Waals surface area contributed by atoms with Gasteiger partial charge in [0.1, 0.15) is 0 Å². The van der Waals surface area contributed by atoms with E-state index in [4.69, 9.17) is 0 Å². The summed E-state index contributed by atoms with van der Waals surface area (Å²) in [4.78, 5) is 3.43. The highest BCUT2D eigenvalue weighted by molar-refractivity contribution is 6.89. The van der Waals surface area contributed by atoms with Crippen LogP contribution < -0.4 is 0 Å². The number of allylic oxidation sites excluding steroid dienone is 3. The predicted molar refractivity (Wildman–Crippen MR) is 365 cm³/mol. The molecule has 12 aliphatic rings. The van der Waals surface area contributed by atoms with Gasteiger partial charge in [-0.1, -0.05) is 324 Å². The van der Waals surface area contributed by atoms with E-state index in [-0.39, 0.29) is 0 Å². The molecule has 4 heteroatoms. The van der Waals surface area contributed by atoms with Gasteiger partial charge >= 0.3 is 0 Å². The summed E-state index contributed by atoms with van der Waals surface area (Å²) < 4.78 is 0. The second-order valence-electron chi connectivity index (χ2n) is 33.2. The molecule has 0 aliphatic heterocycles. The molecule has 0 N–H and O–H groups in total. The van der Waals surface area contributed by atoms with Crippen LogP contribution in [0, 0.1) is 17.8 Å². The molecule has 0 unspecified atom stereocenters. The summed E-state index contributed by atoms with van der Waals surface area (Å²) in [6, 6.07) is 2.55. The molecule has 12 saturated carbocycles. The van der Waals surface area contributed by atoms with Crippen molar-refractivity contribution < 1.29 is 0 Å². The monoisotopic (exact) mass is 1170 g/mol. The maximum absolute atomic E-state index is 3.43. The lowest BCUT2D eigenvalue weighted by Gasteiger charge is -2.52. The summed E-state index contributed by atoms with van der Waals surface area (Å²) in [7, 11) is -4.74. The quantitative estimate of drug-likeness (QED) is 0.124. The van der Waals surface area contributed by atoms with Gasteiger partial charge < -0.3 is 0 Å². The molecule has 82 heavy (non-hydrogen) atoms. The van der Waals surface area contributed by atoms with Gasteiger partial charge in [-0.05, 0) is 145 Å². The van der Waals surface area contributed by atoms with Gasteiger partial charge in [-0.25, -0.2) is 0 Å². The van der Waals surface area contributed by atoms with Crippen LogP contribution >= 0.6 is 0 Å². The molecule has 0 amide bonds. The number of rotatable bonds is 18. The Morgan fingerprint density at radius 3 is 0.463 bits per heavy atom. The van der Waals surface area contributed by atoms with Crippen LogP contribution in [0.3, 0.4) is 0 Å². The lowest BCUT2D eigenvalue weighted by atomic mass is 9.78. The van der Waals surface area contributed by atoms with E-state index in [9.17, 15) is 0 Å². The van der Waals surface area contributed by atoms with E-state index in [0.29, 0.717) is 0 Å². The van der Waals surface area contributed by atoms with Gasteiger partial charge in [0.25, 0.3) is 0 Å². The summed E-state index contributed by atoms with van der Waals surface area (Å²) in [5.41, 5.74) is 19.8. The molecule has 0 aromatic carbocycles. The molecule has 0 aromatic heterocycles. The minimum atomic E-state index is -1.58. The van der Waals surface area contributed by atoms with Crippen LogP contribution in [-0.4, -0.2) is 47.2 Å². The van der Waals surface area contributed by atoms with Crippen LogP contribution in [0.2, 0.25) is 49.9 Å². The highest BCUT2D eigenvalue weighted by Crippen LogP contribution is 2.61. The maximum atomic E-state index is 3.43. The van der Waals surface area contributed by atoms with Crippen molar-refractivity contribution in [3.8, 4) is 0 Å². The molecule has 0 radical (unpaired) electrons. The molecular weight excluding hydrogens is 1040 g/mol. The average Bonchev–Trinajstić information content (AvgIpc) is 3.07. The lowest BCUT2D eigenvalue weighted by Crippen LogP contribution is -2.53. The molecule has 12 rings (SSSR count). The first-order chi connectivity index (χ1) is 40.6. The zero-order valence-corrected chi connectivity index (χ0v) is 57.4. The van der Waals surface area contributed by atoms with Gasteiger partial charge in [0.05, 0.1) is 24.2 Å². The van der Waals surface area contributed by atoms with Crippen molar-refractivity contribution in [3.63, 3.8) is 0 Å². The molecule has 0 spiro atoms. The second-order valence-corrected chi connectivity index (χ2v) is 47.6. The molecule has 0 saturated heterocycles. The fourth-order valence-corrected chi connectivity index (χ4v) is 48.2. The molecule has 464 valence electrons. The lowest BCUT2D eigenvalue weighted by molar-refractivity contribution is 0.0110. The normalized spacial score (nSPS) is 33.8. The molecule has 0 aromatic rings. The van der Waals surface area contributed by atoms with E-state index in [1.807, 2.05) is 0 Å². The smallest absolute Gasteiger partial charge is 0.0866 e. The Labute approximate surface area is 513 Å². The first kappa shape index (κ1) is 62.0. The average molecular weight is 1170 g/mol. The fourth-order valence-electron chi connectivity index (χ4n) is 25.2. The van der Waals surface area contributed by atoms with Gasteiger partial charge in [0.15, 0.2) is 0 Å². The summed E-state index contributed by atoms with van der Waals surface area (Å²) >= 11 is 0. The van der Waals surface area contributed by atoms with E-state index in [1.54, 1.807) is 231 Å². The second kappa shape index (κ2) is 31.0. The molecule has 0 bridgehead atoms. The standard InChI is InChI=1S/C78H135NSi3/c1-10-28-70(29-11-1)80(71-30-12-2-13-31-71,72-32-14-3-15-33-72)61-58-64-46-52-67(53-47-64)79(68-54-48-65(49-55-68)59-62-81(73-34-16-4-17-35-73,74-36-18-5-19-37-74)75-38-20-6-21-39-75)69-56-50-66(51-57-69)60-63-82(76-40-22-7-23-41-76,77-42-24-8-25-43-77)78-44-26-9-27-45-78/h58-78H,1-57H2. The van der Waals surface area contributed by atoms with E-state index < -0.39 is 24.2 Å². The Kier molecular flexibility index (Phi) is 23.5. The van der Waals surface area contributed by atoms with E-state index in [2.05, 4.69) is 40.2 Å². The summed E-state index contributed by atoms with van der Waals surface area (Å²) in [5, 5.41) is 0. The largest absolute Gasteiger partial charge is 0.294 e. The van der Waals surface area contributed by atoms with Gasteiger partial charge in [-0.15, -0.1) is 0 Å². The van der Waals surface area contributed by atoms with Crippen LogP contribution in [0.4, 0.5) is 0 Å². The van der Waals surface area contributed by atoms with Crippen molar-refractivity contribution in [2.75, 3.05) is 0 Å². The van der Waals surface area contributed by atoms with Crippen molar-refractivity contribution in [1.29, 1.82) is 0 Å². The zero-order valence-electron chi connectivity index (χ0n) is 54.4. The topological polar surface area (TPSA) is 3.24 Å². The highest BCUT2D eigenvalue weighted by atomic mass is 28.3. The zero-order chi connectivity index (χ0) is 55.3. The van der Waals surface area contributed by atoms with Gasteiger partial charge in [0.2, 0.25) is 0 Å². The SMILES string of the molecule is C(=C[Si](C1CCCCC1)(C1CCCCC1)C1CCCCC1)C1CCC(N(C2CCC(C=C[Si](C3CCCCC3)(C3CCCCC3)C3CCCCC3)CC2)C2CCC(C=C[Si](C3CCCCC3)(C3CCCCC3)C3CCCCC3)CC2)CC1. The van der Waals surface area contributed by atoms with Gasteiger partial charge in [0, 0.05) is 18.1 Å². The number of nitrogens with zero attached hydrogens (tertiary/aromatic N) is 1. The van der Waals surface area contributed by atoms with E-state index in [1.165, 1.54) is 135 Å². The third-order valence-corrected chi connectivity index (χ3v) is 49.5. The first-order valence-electron chi connectivity index (χ1n) is 39.5. The van der Waals surface area contributed by atoms with Crippen LogP contribution in [0.15, 0.2) is 35.3 Å². The van der Waals surface area contributed by atoms with E-state index >= 15 is 0 Å². The van der Waals surface area contributed by atoms with Crippen molar-refractivity contribution >= 4 is 24.2 Å². The Bertz CT molecular complexity index is 1540. The van der Waals surface area contributed by atoms with Crippen molar-refractivity contribution in [3.05, 3.63) is 35.3 Å². The molecule has 1 nitrogen and oxygen atoms in total. The summed E-state index contributed by atoms with van der Waals surface area (Å²) in [6.07, 6.45) is 98.0. The van der Waals surface area contributed by atoms with E-state index in [0.717, 1.165) is 85.7 Å². The van der Waals surface area contributed by atoms with Gasteiger partial charge in [-0.3, -0.25) is 4.90 Å². The van der Waals surface area contributed by atoms with Crippen LogP contribution in [0.1, 0.15) is 366 Å². The highest BCUT2D eigenvalue weighted by Gasteiger charge is 2.54. The van der Waals surface area contributed by atoms with Gasteiger partial charge in [-0.2, -0.15) is 0 Å². The first-order valence-corrected chi connectivity index (χ1v) is 46.4. The van der Waals surface area contributed by atoms with Crippen LogP contribution in [0.5, 0.6) is 0 Å². The Hall–Kier alpha value is -0.169. The number of hydrogen-bond donors (Lipinski definition) is 0. The third-order valence-electron chi connectivity index (χ3n) is 29.3. The molecule has 0 atom stereocenters. The minimum absolute atomic E-state index is 0.851. The van der Waals surface area contributed by atoms with Crippen LogP contribution in [0.25, 0.3) is 0 Å². The summed E-state index contributed by atoms with van der Waals surface area (Å²) in [5.74, 6) is 2.60. The molecular formula is C78H135NSi3. The third kappa shape index (κ3) is 14.4. The van der Waals surface area contributed by atoms with Crippen molar-refractivity contribution in [2.45, 2.75) is 434 Å². The fraction of sp³-hybridized carbons (Fsp3) is 0.923. The number of hydrogen-bond acceptors (Lipinski definition) is 1. The summed E-state index contributed by atoms with van der Waals surface area (Å²) in [6.45, 7) is 0. The molecule has 0 heterocycles.